The lowest BCUT2D eigenvalue weighted by atomic mass is 9.78. The standard InChI is InChI=1S/C22H30N2O6/c1-3-5-10-23-11-7-9-22-17(16-15(30-22)8-6-12-29-21(16)28)19(26)24(14(4-2)13-25)18(22)20(23)27/h6-9,14-18,25H,3-5,10-13H2,1-2H3/t14-,15+,16-,17-,18?,22-/m0/s1. The second-order valence-electron chi connectivity index (χ2n) is 8.43. The van der Waals surface area contributed by atoms with Crippen LogP contribution in [0.15, 0.2) is 24.3 Å². The maximum Gasteiger partial charge on any atom is 0.313 e. The van der Waals surface area contributed by atoms with Gasteiger partial charge < -0.3 is 24.4 Å². The Balaban J connectivity index is 1.82. The Hall–Kier alpha value is -2.19. The van der Waals surface area contributed by atoms with Crippen LogP contribution in [0.25, 0.3) is 0 Å². The van der Waals surface area contributed by atoms with Gasteiger partial charge in [0.25, 0.3) is 0 Å². The molecule has 1 spiro atoms. The number of carbonyl (C=O) groups is 3. The van der Waals surface area contributed by atoms with E-state index in [1.165, 1.54) is 4.90 Å². The van der Waals surface area contributed by atoms with Crippen LogP contribution in [0.2, 0.25) is 0 Å². The molecule has 2 saturated heterocycles. The van der Waals surface area contributed by atoms with Crippen LogP contribution < -0.4 is 0 Å². The van der Waals surface area contributed by atoms with Crippen LogP contribution in [0.1, 0.15) is 33.1 Å². The molecule has 2 fully saturated rings. The van der Waals surface area contributed by atoms with Crippen LogP contribution in [-0.2, 0) is 23.9 Å². The zero-order valence-electron chi connectivity index (χ0n) is 17.5. The molecule has 0 aromatic carbocycles. The van der Waals surface area contributed by atoms with E-state index in [9.17, 15) is 19.5 Å². The van der Waals surface area contributed by atoms with Gasteiger partial charge >= 0.3 is 5.97 Å². The van der Waals surface area contributed by atoms with Crippen molar-refractivity contribution in [3.63, 3.8) is 0 Å². The van der Waals surface area contributed by atoms with Crippen molar-refractivity contribution >= 4 is 17.8 Å². The number of aliphatic hydroxyl groups excluding tert-OH is 1. The highest BCUT2D eigenvalue weighted by molar-refractivity contribution is 5.99. The zero-order chi connectivity index (χ0) is 21.5. The molecule has 8 heteroatoms. The molecule has 2 amide bonds. The van der Waals surface area contributed by atoms with Crippen LogP contribution in [0.5, 0.6) is 0 Å². The highest BCUT2D eigenvalue weighted by Crippen LogP contribution is 2.53. The van der Waals surface area contributed by atoms with Gasteiger partial charge in [-0.05, 0) is 18.9 Å². The van der Waals surface area contributed by atoms with Crippen molar-refractivity contribution in [3.05, 3.63) is 24.3 Å². The van der Waals surface area contributed by atoms with E-state index < -0.39 is 41.6 Å². The molecule has 1 unspecified atom stereocenters. The SMILES string of the molecule is CCCCN1CC=C[C@]23O[C@@H]4C=CCOC(=O)[C@@H]4[C@H]2C(=O)N([C@@H](CC)CO)C3C1=O. The summed E-state index contributed by atoms with van der Waals surface area (Å²) in [5.74, 6) is -2.65. The van der Waals surface area contributed by atoms with Gasteiger partial charge in [0.1, 0.15) is 24.2 Å². The molecule has 4 rings (SSSR count). The van der Waals surface area contributed by atoms with E-state index in [1.807, 2.05) is 19.1 Å². The normalized spacial score (nSPS) is 36.2. The summed E-state index contributed by atoms with van der Waals surface area (Å²) in [6.45, 7) is 4.83. The molecule has 4 aliphatic heterocycles. The Kier molecular flexibility index (Phi) is 5.72. The summed E-state index contributed by atoms with van der Waals surface area (Å²) in [5.41, 5.74) is -1.24. The second kappa shape index (κ2) is 8.15. The van der Waals surface area contributed by atoms with Gasteiger partial charge in [0.2, 0.25) is 11.8 Å². The second-order valence-corrected chi connectivity index (χ2v) is 8.43. The Morgan fingerprint density at radius 3 is 2.73 bits per heavy atom. The zero-order valence-corrected chi connectivity index (χ0v) is 17.5. The van der Waals surface area contributed by atoms with Gasteiger partial charge in [0.05, 0.1) is 24.7 Å². The molecule has 0 saturated carbocycles. The fourth-order valence-corrected chi connectivity index (χ4v) is 5.31. The van der Waals surface area contributed by atoms with E-state index in [0.717, 1.165) is 12.8 Å². The van der Waals surface area contributed by atoms with E-state index in [4.69, 9.17) is 9.47 Å². The van der Waals surface area contributed by atoms with Gasteiger partial charge in [-0.25, -0.2) is 0 Å². The molecule has 0 aromatic rings. The molecule has 6 atom stereocenters. The third kappa shape index (κ3) is 3.00. The van der Waals surface area contributed by atoms with Gasteiger partial charge in [-0.1, -0.05) is 38.5 Å². The molecular weight excluding hydrogens is 388 g/mol. The molecule has 1 N–H and O–H groups in total. The molecule has 4 heterocycles. The molecule has 0 aromatic heterocycles. The van der Waals surface area contributed by atoms with Crippen molar-refractivity contribution < 1.29 is 29.0 Å². The van der Waals surface area contributed by atoms with Crippen molar-refractivity contribution in [1.82, 2.24) is 9.80 Å². The first-order chi connectivity index (χ1) is 14.5. The summed E-state index contributed by atoms with van der Waals surface area (Å²) in [4.78, 5) is 43.4. The van der Waals surface area contributed by atoms with E-state index in [2.05, 4.69) is 6.92 Å². The smallest absolute Gasteiger partial charge is 0.313 e. The highest BCUT2D eigenvalue weighted by atomic mass is 16.6. The number of cyclic esters (lactones) is 1. The Morgan fingerprint density at radius 2 is 2.03 bits per heavy atom. The number of esters is 1. The monoisotopic (exact) mass is 418 g/mol. The Morgan fingerprint density at radius 1 is 1.23 bits per heavy atom. The predicted molar refractivity (Wildman–Crippen MR) is 107 cm³/mol. The third-order valence-electron chi connectivity index (χ3n) is 6.79. The molecular formula is C22H30N2O6. The molecule has 8 nitrogen and oxygen atoms in total. The molecule has 0 bridgehead atoms. The summed E-state index contributed by atoms with van der Waals surface area (Å²) < 4.78 is 11.7. The average molecular weight is 418 g/mol. The molecule has 0 aliphatic carbocycles. The summed E-state index contributed by atoms with van der Waals surface area (Å²) in [6.07, 6.45) is 8.84. The largest absolute Gasteiger partial charge is 0.461 e. The first kappa shape index (κ1) is 21.1. The third-order valence-corrected chi connectivity index (χ3v) is 6.79. The fourth-order valence-electron chi connectivity index (χ4n) is 5.31. The van der Waals surface area contributed by atoms with Crippen LogP contribution in [0, 0.1) is 11.8 Å². The number of carbonyl (C=O) groups excluding carboxylic acids is 3. The van der Waals surface area contributed by atoms with Crippen LogP contribution in [0.3, 0.4) is 0 Å². The lowest BCUT2D eigenvalue weighted by Gasteiger charge is -2.38. The number of hydrogen-bond acceptors (Lipinski definition) is 6. The van der Waals surface area contributed by atoms with Crippen molar-refractivity contribution in [2.24, 2.45) is 11.8 Å². The Labute approximate surface area is 176 Å². The van der Waals surface area contributed by atoms with Crippen molar-refractivity contribution in [2.75, 3.05) is 26.3 Å². The maximum absolute atomic E-state index is 13.7. The van der Waals surface area contributed by atoms with Gasteiger partial charge in [0.15, 0.2) is 0 Å². The minimum atomic E-state index is -1.24. The first-order valence-corrected chi connectivity index (χ1v) is 10.9. The van der Waals surface area contributed by atoms with E-state index in [0.29, 0.717) is 19.5 Å². The number of hydrogen-bond donors (Lipinski definition) is 1. The summed E-state index contributed by atoms with van der Waals surface area (Å²) >= 11 is 0. The fraction of sp³-hybridized carbons (Fsp3) is 0.682. The van der Waals surface area contributed by atoms with E-state index >= 15 is 0 Å². The number of likely N-dealkylation sites (tertiary alicyclic amines) is 1. The number of ether oxygens (including phenoxy) is 2. The predicted octanol–water partition coefficient (Wildman–Crippen LogP) is 0.650. The summed E-state index contributed by atoms with van der Waals surface area (Å²) in [5, 5.41) is 9.97. The molecule has 4 aliphatic rings. The number of nitrogens with zero attached hydrogens (tertiary/aromatic N) is 2. The van der Waals surface area contributed by atoms with Gasteiger partial charge in [-0.15, -0.1) is 0 Å². The first-order valence-electron chi connectivity index (χ1n) is 10.9. The number of amides is 2. The lowest BCUT2D eigenvalue weighted by molar-refractivity contribution is -0.155. The lowest BCUT2D eigenvalue weighted by Crippen LogP contribution is -2.58. The molecule has 30 heavy (non-hydrogen) atoms. The maximum atomic E-state index is 13.7. The summed E-state index contributed by atoms with van der Waals surface area (Å²) in [6, 6.07) is -1.43. The van der Waals surface area contributed by atoms with Crippen LogP contribution in [-0.4, -0.2) is 82.8 Å². The topological polar surface area (TPSA) is 96.4 Å². The van der Waals surface area contributed by atoms with Gasteiger partial charge in [-0.3, -0.25) is 14.4 Å². The van der Waals surface area contributed by atoms with Gasteiger partial charge in [-0.2, -0.15) is 0 Å². The quantitative estimate of drug-likeness (QED) is 0.503. The number of aliphatic hydroxyl groups is 1. The van der Waals surface area contributed by atoms with Crippen molar-refractivity contribution in [3.8, 4) is 0 Å². The number of unbranched alkanes of at least 4 members (excludes halogenated alkanes) is 1. The van der Waals surface area contributed by atoms with Gasteiger partial charge in [0, 0.05) is 13.1 Å². The minimum absolute atomic E-state index is 0.143. The van der Waals surface area contributed by atoms with Crippen LogP contribution in [0.4, 0.5) is 0 Å². The van der Waals surface area contributed by atoms with Crippen molar-refractivity contribution in [1.29, 1.82) is 0 Å². The molecule has 164 valence electrons. The number of fused-ring (bicyclic) bond motifs is 2. The molecule has 0 radical (unpaired) electrons. The summed E-state index contributed by atoms with van der Waals surface area (Å²) in [7, 11) is 0. The average Bonchev–Trinajstić information content (AvgIpc) is 3.04. The highest BCUT2D eigenvalue weighted by Gasteiger charge is 2.72. The minimum Gasteiger partial charge on any atom is -0.461 e. The van der Waals surface area contributed by atoms with Crippen LogP contribution >= 0.6 is 0 Å². The number of rotatable bonds is 6. The van der Waals surface area contributed by atoms with E-state index in [1.54, 1.807) is 17.1 Å². The van der Waals surface area contributed by atoms with E-state index in [-0.39, 0.29) is 25.0 Å². The Bertz CT molecular complexity index is 776. The van der Waals surface area contributed by atoms with Crippen molar-refractivity contribution in [2.45, 2.75) is 56.9 Å².